The van der Waals surface area contributed by atoms with E-state index >= 15 is 0 Å². The van der Waals surface area contributed by atoms with Crippen molar-refractivity contribution in [2.45, 2.75) is 31.4 Å². The van der Waals surface area contributed by atoms with Gasteiger partial charge >= 0.3 is 0 Å². The molecule has 0 radical (unpaired) electrons. The molecular formula is C7H15BrO2. The number of halogens is 1. The summed E-state index contributed by atoms with van der Waals surface area (Å²) in [6, 6.07) is 0. The Kier molecular flexibility index (Phi) is 6.38. The summed E-state index contributed by atoms with van der Waals surface area (Å²) in [5.74, 6) is 0. The Morgan fingerprint density at radius 2 is 2.00 bits per heavy atom. The summed E-state index contributed by atoms with van der Waals surface area (Å²) in [7, 11) is 1.66. The highest BCUT2D eigenvalue weighted by atomic mass is 79.9. The van der Waals surface area contributed by atoms with Crippen LogP contribution in [0, 0.1) is 0 Å². The molecule has 0 heterocycles. The molecule has 0 aromatic carbocycles. The standard InChI is InChI=1S/C7H15BrO2/c1-4-6(8)7(9-3)10-5-2/h6-7H,4-5H2,1-3H3/t6-,7?/m1/s1. The maximum atomic E-state index is 5.27. The third kappa shape index (κ3) is 3.54. The van der Waals surface area contributed by atoms with E-state index in [1.807, 2.05) is 6.92 Å². The molecule has 0 rings (SSSR count). The molecule has 0 saturated heterocycles. The lowest BCUT2D eigenvalue weighted by molar-refractivity contribution is -0.118. The van der Waals surface area contributed by atoms with Crippen molar-refractivity contribution in [2.75, 3.05) is 13.7 Å². The summed E-state index contributed by atoms with van der Waals surface area (Å²) in [5.41, 5.74) is 0. The molecule has 0 aliphatic carbocycles. The smallest absolute Gasteiger partial charge is 0.169 e. The normalized spacial score (nSPS) is 16.8. The monoisotopic (exact) mass is 210 g/mol. The molecule has 0 aromatic heterocycles. The van der Waals surface area contributed by atoms with E-state index in [0.29, 0.717) is 11.4 Å². The summed E-state index contributed by atoms with van der Waals surface area (Å²) < 4.78 is 10.3. The van der Waals surface area contributed by atoms with Crippen molar-refractivity contribution in [1.82, 2.24) is 0 Å². The van der Waals surface area contributed by atoms with Gasteiger partial charge in [-0.2, -0.15) is 0 Å². The molecule has 62 valence electrons. The van der Waals surface area contributed by atoms with Crippen LogP contribution >= 0.6 is 15.9 Å². The Morgan fingerprint density at radius 1 is 1.40 bits per heavy atom. The molecule has 0 aromatic rings. The summed E-state index contributed by atoms with van der Waals surface area (Å²) in [6.07, 6.45) is 0.911. The fourth-order valence-electron chi connectivity index (χ4n) is 0.677. The minimum Gasteiger partial charge on any atom is -0.355 e. The van der Waals surface area contributed by atoms with Crippen LogP contribution in [0.2, 0.25) is 0 Å². The topological polar surface area (TPSA) is 18.5 Å². The Labute approximate surface area is 71.0 Å². The number of ether oxygens (including phenoxy) is 2. The second kappa shape index (κ2) is 6.13. The van der Waals surface area contributed by atoms with Crippen molar-refractivity contribution in [3.8, 4) is 0 Å². The maximum absolute atomic E-state index is 5.27. The summed E-state index contributed by atoms with van der Waals surface area (Å²) in [6.45, 7) is 4.74. The van der Waals surface area contributed by atoms with E-state index in [4.69, 9.17) is 9.47 Å². The van der Waals surface area contributed by atoms with Crippen LogP contribution in [0.3, 0.4) is 0 Å². The predicted molar refractivity (Wildman–Crippen MR) is 45.4 cm³/mol. The molecule has 0 fully saturated rings. The Balaban J connectivity index is 3.56. The molecule has 0 amide bonds. The highest BCUT2D eigenvalue weighted by molar-refractivity contribution is 9.09. The van der Waals surface area contributed by atoms with Crippen LogP contribution in [0.25, 0.3) is 0 Å². The van der Waals surface area contributed by atoms with Crippen LogP contribution in [0.4, 0.5) is 0 Å². The number of hydrogen-bond donors (Lipinski definition) is 0. The van der Waals surface area contributed by atoms with E-state index in [2.05, 4.69) is 22.9 Å². The van der Waals surface area contributed by atoms with Gasteiger partial charge in [0.15, 0.2) is 6.29 Å². The molecule has 0 saturated carbocycles. The zero-order valence-electron chi connectivity index (χ0n) is 6.76. The highest BCUT2D eigenvalue weighted by Crippen LogP contribution is 2.13. The molecule has 2 atom stereocenters. The average molecular weight is 211 g/mol. The van der Waals surface area contributed by atoms with E-state index < -0.39 is 0 Å². The van der Waals surface area contributed by atoms with E-state index in [1.165, 1.54) is 0 Å². The molecule has 0 aliphatic rings. The van der Waals surface area contributed by atoms with Gasteiger partial charge in [-0.15, -0.1) is 0 Å². The molecular weight excluding hydrogens is 196 g/mol. The Morgan fingerprint density at radius 3 is 2.30 bits per heavy atom. The van der Waals surface area contributed by atoms with Gasteiger partial charge in [-0.05, 0) is 13.3 Å². The molecule has 0 aliphatic heterocycles. The zero-order chi connectivity index (χ0) is 7.98. The van der Waals surface area contributed by atoms with Crippen LogP contribution in [-0.4, -0.2) is 24.8 Å². The van der Waals surface area contributed by atoms with Crippen LogP contribution in [0.1, 0.15) is 20.3 Å². The number of rotatable bonds is 5. The van der Waals surface area contributed by atoms with Gasteiger partial charge < -0.3 is 9.47 Å². The first-order valence-corrected chi connectivity index (χ1v) is 4.46. The van der Waals surface area contributed by atoms with Crippen molar-refractivity contribution in [3.05, 3.63) is 0 Å². The quantitative estimate of drug-likeness (QED) is 0.512. The van der Waals surface area contributed by atoms with E-state index in [0.717, 1.165) is 6.42 Å². The predicted octanol–water partition coefficient (Wildman–Crippen LogP) is 2.17. The Hall–Kier alpha value is 0.400. The number of alkyl halides is 1. The molecule has 3 heteroatoms. The minimum atomic E-state index is -0.102. The lowest BCUT2D eigenvalue weighted by Gasteiger charge is -2.19. The van der Waals surface area contributed by atoms with Crippen LogP contribution in [0.5, 0.6) is 0 Å². The van der Waals surface area contributed by atoms with Crippen molar-refractivity contribution >= 4 is 15.9 Å². The summed E-state index contributed by atoms with van der Waals surface area (Å²) in [4.78, 5) is 0.303. The lowest BCUT2D eigenvalue weighted by Crippen LogP contribution is -2.25. The maximum Gasteiger partial charge on any atom is 0.169 e. The minimum absolute atomic E-state index is 0.102. The van der Waals surface area contributed by atoms with Crippen LogP contribution < -0.4 is 0 Å². The van der Waals surface area contributed by atoms with Gasteiger partial charge in [-0.3, -0.25) is 0 Å². The van der Waals surface area contributed by atoms with Crippen molar-refractivity contribution in [3.63, 3.8) is 0 Å². The second-order valence-corrected chi connectivity index (χ2v) is 3.16. The van der Waals surface area contributed by atoms with Crippen molar-refractivity contribution in [1.29, 1.82) is 0 Å². The molecule has 2 nitrogen and oxygen atoms in total. The van der Waals surface area contributed by atoms with Crippen molar-refractivity contribution in [2.24, 2.45) is 0 Å². The largest absolute Gasteiger partial charge is 0.355 e. The van der Waals surface area contributed by atoms with Gasteiger partial charge in [0.1, 0.15) is 0 Å². The first kappa shape index (κ1) is 10.4. The fraction of sp³-hybridized carbons (Fsp3) is 1.00. The zero-order valence-corrected chi connectivity index (χ0v) is 8.35. The molecule has 0 N–H and O–H groups in total. The lowest BCUT2D eigenvalue weighted by atomic mass is 10.3. The van der Waals surface area contributed by atoms with Gasteiger partial charge in [-0.1, -0.05) is 22.9 Å². The van der Waals surface area contributed by atoms with Gasteiger partial charge in [0.2, 0.25) is 0 Å². The fourth-order valence-corrected chi connectivity index (χ4v) is 1.05. The number of methoxy groups -OCH3 is 1. The van der Waals surface area contributed by atoms with Gasteiger partial charge in [0, 0.05) is 13.7 Å². The van der Waals surface area contributed by atoms with Gasteiger partial charge in [0.25, 0.3) is 0 Å². The molecule has 0 bridgehead atoms. The summed E-state index contributed by atoms with van der Waals surface area (Å²) in [5, 5.41) is 0. The van der Waals surface area contributed by atoms with E-state index in [-0.39, 0.29) is 6.29 Å². The first-order chi connectivity index (χ1) is 4.76. The molecule has 10 heavy (non-hydrogen) atoms. The van der Waals surface area contributed by atoms with Crippen LogP contribution in [0.15, 0.2) is 0 Å². The summed E-state index contributed by atoms with van der Waals surface area (Å²) >= 11 is 3.45. The van der Waals surface area contributed by atoms with Crippen LogP contribution in [-0.2, 0) is 9.47 Å². The average Bonchev–Trinajstić information content (AvgIpc) is 1.99. The van der Waals surface area contributed by atoms with Gasteiger partial charge in [0.05, 0.1) is 4.83 Å². The number of hydrogen-bond acceptors (Lipinski definition) is 2. The highest BCUT2D eigenvalue weighted by Gasteiger charge is 2.15. The van der Waals surface area contributed by atoms with E-state index in [1.54, 1.807) is 7.11 Å². The Bertz CT molecular complexity index is 78.0. The van der Waals surface area contributed by atoms with E-state index in [9.17, 15) is 0 Å². The first-order valence-electron chi connectivity index (χ1n) is 3.54. The second-order valence-electron chi connectivity index (χ2n) is 1.98. The third-order valence-electron chi connectivity index (χ3n) is 1.25. The molecule has 0 spiro atoms. The van der Waals surface area contributed by atoms with Crippen molar-refractivity contribution < 1.29 is 9.47 Å². The molecule has 1 unspecified atom stereocenters. The SMILES string of the molecule is CCOC(OC)[C@H](Br)CC. The third-order valence-corrected chi connectivity index (χ3v) is 2.33. The van der Waals surface area contributed by atoms with Gasteiger partial charge in [-0.25, -0.2) is 0 Å².